The molecule has 1 saturated heterocycles. The maximum atomic E-state index is 2.62. The smallest absolute Gasteiger partial charge is 0.00693 e. The molecule has 1 fully saturated rings. The van der Waals surface area contributed by atoms with Gasteiger partial charge in [0.25, 0.3) is 0 Å². The SMILES string of the molecule is CC(C)CC(C)N1CCCC1. The Morgan fingerprint density at radius 3 is 2.09 bits per heavy atom. The molecule has 66 valence electrons. The highest BCUT2D eigenvalue weighted by Gasteiger charge is 2.18. The molecule has 11 heavy (non-hydrogen) atoms. The normalized spacial score (nSPS) is 22.9. The van der Waals surface area contributed by atoms with Crippen LogP contribution in [-0.2, 0) is 0 Å². The lowest BCUT2D eigenvalue weighted by Crippen LogP contribution is -2.31. The average Bonchev–Trinajstić information content (AvgIpc) is 2.35. The van der Waals surface area contributed by atoms with Crippen LogP contribution in [0.5, 0.6) is 0 Å². The van der Waals surface area contributed by atoms with E-state index in [2.05, 4.69) is 25.7 Å². The van der Waals surface area contributed by atoms with Crippen molar-refractivity contribution in [2.24, 2.45) is 5.92 Å². The number of rotatable bonds is 3. The molecule has 1 nitrogen and oxygen atoms in total. The Kier molecular flexibility index (Phi) is 3.38. The van der Waals surface area contributed by atoms with E-state index >= 15 is 0 Å². The molecule has 0 aromatic rings. The fourth-order valence-corrected chi connectivity index (χ4v) is 2.01. The van der Waals surface area contributed by atoms with Crippen LogP contribution in [0.4, 0.5) is 0 Å². The van der Waals surface area contributed by atoms with Crippen molar-refractivity contribution in [1.82, 2.24) is 4.90 Å². The predicted octanol–water partition coefficient (Wildman–Crippen LogP) is 2.52. The third-order valence-electron chi connectivity index (χ3n) is 2.58. The average molecular weight is 155 g/mol. The minimum atomic E-state index is 0.817. The van der Waals surface area contributed by atoms with Crippen LogP contribution in [0.3, 0.4) is 0 Å². The van der Waals surface area contributed by atoms with Crippen LogP contribution in [0.15, 0.2) is 0 Å². The molecular formula is C10H21N. The zero-order chi connectivity index (χ0) is 8.27. The largest absolute Gasteiger partial charge is 0.301 e. The lowest BCUT2D eigenvalue weighted by molar-refractivity contribution is 0.229. The van der Waals surface area contributed by atoms with Gasteiger partial charge in [-0.15, -0.1) is 0 Å². The third-order valence-corrected chi connectivity index (χ3v) is 2.58. The fourth-order valence-electron chi connectivity index (χ4n) is 2.01. The Balaban J connectivity index is 2.22. The molecule has 1 atom stereocenters. The molecule has 1 aliphatic heterocycles. The van der Waals surface area contributed by atoms with Gasteiger partial charge in [0, 0.05) is 6.04 Å². The van der Waals surface area contributed by atoms with Gasteiger partial charge in [-0.05, 0) is 45.2 Å². The molecule has 0 spiro atoms. The molecule has 0 aromatic carbocycles. The quantitative estimate of drug-likeness (QED) is 0.605. The monoisotopic (exact) mass is 155 g/mol. The summed E-state index contributed by atoms with van der Waals surface area (Å²) in [5.41, 5.74) is 0. The standard InChI is InChI=1S/C10H21N/c1-9(2)8-10(3)11-6-4-5-7-11/h9-10H,4-8H2,1-3H3. The van der Waals surface area contributed by atoms with E-state index in [1.165, 1.54) is 32.4 Å². The zero-order valence-corrected chi connectivity index (χ0v) is 8.14. The van der Waals surface area contributed by atoms with Crippen molar-refractivity contribution in [2.45, 2.75) is 46.1 Å². The van der Waals surface area contributed by atoms with Crippen LogP contribution < -0.4 is 0 Å². The van der Waals surface area contributed by atoms with Crippen LogP contribution in [0.2, 0.25) is 0 Å². The van der Waals surface area contributed by atoms with Gasteiger partial charge in [0.15, 0.2) is 0 Å². The number of hydrogen-bond donors (Lipinski definition) is 0. The van der Waals surface area contributed by atoms with E-state index < -0.39 is 0 Å². The Hall–Kier alpha value is -0.0400. The summed E-state index contributed by atoms with van der Waals surface area (Å²) in [5, 5.41) is 0. The molecule has 0 bridgehead atoms. The highest BCUT2D eigenvalue weighted by molar-refractivity contribution is 4.73. The van der Waals surface area contributed by atoms with Crippen molar-refractivity contribution >= 4 is 0 Å². The van der Waals surface area contributed by atoms with E-state index in [1.807, 2.05) is 0 Å². The zero-order valence-electron chi connectivity index (χ0n) is 8.14. The maximum absolute atomic E-state index is 2.62. The minimum Gasteiger partial charge on any atom is -0.301 e. The summed E-state index contributed by atoms with van der Waals surface area (Å²) in [4.78, 5) is 2.62. The Morgan fingerprint density at radius 2 is 1.64 bits per heavy atom. The van der Waals surface area contributed by atoms with Crippen molar-refractivity contribution < 1.29 is 0 Å². The molecule has 0 saturated carbocycles. The molecule has 0 aliphatic carbocycles. The summed E-state index contributed by atoms with van der Waals surface area (Å²) < 4.78 is 0. The topological polar surface area (TPSA) is 3.24 Å². The predicted molar refractivity (Wildman–Crippen MR) is 49.7 cm³/mol. The van der Waals surface area contributed by atoms with E-state index in [-0.39, 0.29) is 0 Å². The van der Waals surface area contributed by atoms with Gasteiger partial charge in [-0.2, -0.15) is 0 Å². The van der Waals surface area contributed by atoms with Crippen molar-refractivity contribution in [2.75, 3.05) is 13.1 Å². The molecule has 1 rings (SSSR count). The molecule has 0 N–H and O–H groups in total. The summed E-state index contributed by atoms with van der Waals surface area (Å²) >= 11 is 0. The molecule has 1 unspecified atom stereocenters. The van der Waals surface area contributed by atoms with Crippen LogP contribution in [0, 0.1) is 5.92 Å². The van der Waals surface area contributed by atoms with Crippen molar-refractivity contribution in [3.63, 3.8) is 0 Å². The van der Waals surface area contributed by atoms with Gasteiger partial charge in [-0.3, -0.25) is 0 Å². The summed E-state index contributed by atoms with van der Waals surface area (Å²) in [7, 11) is 0. The molecule has 1 heterocycles. The van der Waals surface area contributed by atoms with Crippen LogP contribution >= 0.6 is 0 Å². The number of hydrogen-bond acceptors (Lipinski definition) is 1. The molecular weight excluding hydrogens is 134 g/mol. The lowest BCUT2D eigenvalue weighted by atomic mass is 10.0. The van der Waals surface area contributed by atoms with Crippen LogP contribution in [0.1, 0.15) is 40.0 Å². The van der Waals surface area contributed by atoms with Crippen LogP contribution in [0.25, 0.3) is 0 Å². The minimum absolute atomic E-state index is 0.817. The summed E-state index contributed by atoms with van der Waals surface area (Å²) in [6.07, 6.45) is 4.20. The second-order valence-corrected chi connectivity index (χ2v) is 4.22. The van der Waals surface area contributed by atoms with Gasteiger partial charge in [0.1, 0.15) is 0 Å². The number of likely N-dealkylation sites (tertiary alicyclic amines) is 1. The van der Waals surface area contributed by atoms with Gasteiger partial charge in [-0.1, -0.05) is 13.8 Å². The Labute approximate surface area is 70.8 Å². The van der Waals surface area contributed by atoms with E-state index in [0.717, 1.165) is 12.0 Å². The number of nitrogens with zero attached hydrogens (tertiary/aromatic N) is 1. The highest BCUT2D eigenvalue weighted by atomic mass is 15.2. The van der Waals surface area contributed by atoms with E-state index in [0.29, 0.717) is 0 Å². The first-order chi connectivity index (χ1) is 5.20. The van der Waals surface area contributed by atoms with Crippen LogP contribution in [-0.4, -0.2) is 24.0 Å². The fraction of sp³-hybridized carbons (Fsp3) is 1.00. The van der Waals surface area contributed by atoms with Crippen molar-refractivity contribution in [1.29, 1.82) is 0 Å². The second kappa shape index (κ2) is 4.10. The maximum Gasteiger partial charge on any atom is 0.00693 e. The van der Waals surface area contributed by atoms with E-state index in [1.54, 1.807) is 0 Å². The first kappa shape index (κ1) is 9.05. The van der Waals surface area contributed by atoms with E-state index in [9.17, 15) is 0 Å². The second-order valence-electron chi connectivity index (χ2n) is 4.22. The van der Waals surface area contributed by atoms with Gasteiger partial charge < -0.3 is 4.90 Å². The van der Waals surface area contributed by atoms with Crippen molar-refractivity contribution in [3.05, 3.63) is 0 Å². The molecule has 0 aromatic heterocycles. The summed E-state index contributed by atoms with van der Waals surface area (Å²) in [6.45, 7) is 9.67. The molecule has 0 amide bonds. The third kappa shape index (κ3) is 2.82. The first-order valence-corrected chi connectivity index (χ1v) is 4.94. The van der Waals surface area contributed by atoms with Crippen molar-refractivity contribution in [3.8, 4) is 0 Å². The first-order valence-electron chi connectivity index (χ1n) is 4.94. The molecule has 0 radical (unpaired) electrons. The molecule has 1 heteroatoms. The summed E-state index contributed by atoms with van der Waals surface area (Å²) in [6, 6.07) is 0.817. The van der Waals surface area contributed by atoms with Gasteiger partial charge in [-0.25, -0.2) is 0 Å². The van der Waals surface area contributed by atoms with Gasteiger partial charge in [0.2, 0.25) is 0 Å². The van der Waals surface area contributed by atoms with Gasteiger partial charge >= 0.3 is 0 Å². The Bertz CT molecular complexity index is 103. The lowest BCUT2D eigenvalue weighted by Gasteiger charge is -2.24. The Morgan fingerprint density at radius 1 is 1.09 bits per heavy atom. The highest BCUT2D eigenvalue weighted by Crippen LogP contribution is 2.16. The summed E-state index contributed by atoms with van der Waals surface area (Å²) in [5.74, 6) is 0.852. The van der Waals surface area contributed by atoms with E-state index in [4.69, 9.17) is 0 Å². The van der Waals surface area contributed by atoms with Gasteiger partial charge in [0.05, 0.1) is 0 Å². The molecule has 1 aliphatic rings.